The highest BCUT2D eigenvalue weighted by Gasteiger charge is 2.10. The molecule has 0 saturated heterocycles. The molecule has 0 aliphatic carbocycles. The Balaban J connectivity index is 1.88. The number of imidazole rings is 1. The number of anilines is 1. The Morgan fingerprint density at radius 1 is 1.17 bits per heavy atom. The molecule has 88 valence electrons. The maximum atomic E-state index is 12.0. The zero-order valence-corrected chi connectivity index (χ0v) is 9.45. The van der Waals surface area contributed by atoms with Crippen LogP contribution in [0.15, 0.2) is 55.0 Å². The van der Waals surface area contributed by atoms with Crippen LogP contribution in [0, 0.1) is 0 Å². The first-order valence-electron chi connectivity index (χ1n) is 5.49. The van der Waals surface area contributed by atoms with Gasteiger partial charge >= 0.3 is 0 Å². The molecule has 5 heteroatoms. The largest absolute Gasteiger partial charge is 0.306 e. The van der Waals surface area contributed by atoms with E-state index in [-0.39, 0.29) is 5.91 Å². The molecule has 1 amide bonds. The summed E-state index contributed by atoms with van der Waals surface area (Å²) in [5.41, 5.74) is 1.11. The summed E-state index contributed by atoms with van der Waals surface area (Å²) >= 11 is 0. The third kappa shape index (κ3) is 1.93. The summed E-state index contributed by atoms with van der Waals surface area (Å²) in [5, 5.41) is 2.69. The second-order valence-electron chi connectivity index (χ2n) is 3.76. The standard InChI is InChI=1S/C13H10N4O/c18-13(16-11-5-1-3-7-14-11)10-9-17-8-4-2-6-12(17)15-10/h1-9H,(H,14,16,18). The first-order chi connectivity index (χ1) is 8.83. The second kappa shape index (κ2) is 4.29. The summed E-state index contributed by atoms with van der Waals surface area (Å²) < 4.78 is 1.80. The van der Waals surface area contributed by atoms with Gasteiger partial charge in [0.05, 0.1) is 0 Å². The number of hydrogen-bond donors (Lipinski definition) is 1. The number of carbonyl (C=O) groups excluding carboxylic acids is 1. The van der Waals surface area contributed by atoms with Gasteiger partial charge in [-0.25, -0.2) is 9.97 Å². The molecule has 3 aromatic rings. The van der Waals surface area contributed by atoms with Crippen molar-refractivity contribution in [1.82, 2.24) is 14.4 Å². The predicted octanol–water partition coefficient (Wildman–Crippen LogP) is 1.98. The average Bonchev–Trinajstić information content (AvgIpc) is 2.84. The first-order valence-corrected chi connectivity index (χ1v) is 5.49. The fraction of sp³-hybridized carbons (Fsp3) is 0. The lowest BCUT2D eigenvalue weighted by atomic mass is 10.4. The van der Waals surface area contributed by atoms with Crippen molar-refractivity contribution in [1.29, 1.82) is 0 Å². The summed E-state index contributed by atoms with van der Waals surface area (Å²) in [4.78, 5) is 20.2. The summed E-state index contributed by atoms with van der Waals surface area (Å²) in [6.07, 6.45) is 5.16. The summed E-state index contributed by atoms with van der Waals surface area (Å²) in [6, 6.07) is 10.9. The van der Waals surface area contributed by atoms with Crippen molar-refractivity contribution in [2.24, 2.45) is 0 Å². The molecular weight excluding hydrogens is 228 g/mol. The molecule has 0 saturated carbocycles. The van der Waals surface area contributed by atoms with Crippen LogP contribution in [0.3, 0.4) is 0 Å². The predicted molar refractivity (Wildman–Crippen MR) is 67.4 cm³/mol. The Bertz CT molecular complexity index is 657. The number of rotatable bonds is 2. The van der Waals surface area contributed by atoms with Crippen molar-refractivity contribution >= 4 is 17.4 Å². The van der Waals surface area contributed by atoms with Crippen LogP contribution in [0.2, 0.25) is 0 Å². The van der Waals surface area contributed by atoms with Crippen LogP contribution in [0.25, 0.3) is 5.65 Å². The van der Waals surface area contributed by atoms with Gasteiger partial charge in [0, 0.05) is 18.6 Å². The lowest BCUT2D eigenvalue weighted by Gasteiger charge is -2.00. The second-order valence-corrected chi connectivity index (χ2v) is 3.76. The van der Waals surface area contributed by atoms with Crippen molar-refractivity contribution in [2.75, 3.05) is 5.32 Å². The van der Waals surface area contributed by atoms with Crippen molar-refractivity contribution in [3.63, 3.8) is 0 Å². The Hall–Kier alpha value is -2.69. The minimum absolute atomic E-state index is 0.266. The fourth-order valence-corrected chi connectivity index (χ4v) is 1.66. The lowest BCUT2D eigenvalue weighted by Crippen LogP contribution is -2.13. The van der Waals surface area contributed by atoms with E-state index in [2.05, 4.69) is 15.3 Å². The number of pyridine rings is 2. The Labute approximate surface area is 103 Å². The van der Waals surface area contributed by atoms with E-state index in [9.17, 15) is 4.79 Å². The van der Waals surface area contributed by atoms with Gasteiger partial charge in [-0.3, -0.25) is 4.79 Å². The monoisotopic (exact) mass is 238 g/mol. The molecule has 0 spiro atoms. The Kier molecular flexibility index (Phi) is 2.49. The van der Waals surface area contributed by atoms with Gasteiger partial charge < -0.3 is 9.72 Å². The van der Waals surface area contributed by atoms with Gasteiger partial charge in [-0.1, -0.05) is 12.1 Å². The highest BCUT2D eigenvalue weighted by atomic mass is 16.2. The van der Waals surface area contributed by atoms with Gasteiger partial charge in [0.2, 0.25) is 0 Å². The van der Waals surface area contributed by atoms with Crippen LogP contribution in [-0.2, 0) is 0 Å². The molecule has 0 aliphatic rings. The highest BCUT2D eigenvalue weighted by molar-refractivity contribution is 6.02. The minimum Gasteiger partial charge on any atom is -0.306 e. The van der Waals surface area contributed by atoms with Gasteiger partial charge in [-0.05, 0) is 24.3 Å². The number of amides is 1. The van der Waals surface area contributed by atoms with E-state index in [0.29, 0.717) is 11.5 Å². The van der Waals surface area contributed by atoms with E-state index in [4.69, 9.17) is 0 Å². The van der Waals surface area contributed by atoms with Gasteiger partial charge in [0.15, 0.2) is 0 Å². The molecule has 0 fully saturated rings. The minimum atomic E-state index is -0.266. The molecule has 5 nitrogen and oxygen atoms in total. The van der Waals surface area contributed by atoms with E-state index in [1.54, 1.807) is 28.9 Å². The maximum absolute atomic E-state index is 12.0. The molecule has 3 heterocycles. The molecule has 0 bridgehead atoms. The van der Waals surface area contributed by atoms with Crippen molar-refractivity contribution in [3.8, 4) is 0 Å². The molecule has 3 rings (SSSR count). The zero-order chi connectivity index (χ0) is 12.4. The topological polar surface area (TPSA) is 59.3 Å². The van der Waals surface area contributed by atoms with E-state index >= 15 is 0 Å². The van der Waals surface area contributed by atoms with E-state index in [1.807, 2.05) is 30.5 Å². The van der Waals surface area contributed by atoms with E-state index in [1.165, 1.54) is 0 Å². The maximum Gasteiger partial charge on any atom is 0.277 e. The van der Waals surface area contributed by atoms with Crippen LogP contribution in [-0.4, -0.2) is 20.3 Å². The molecule has 0 aliphatic heterocycles. The van der Waals surface area contributed by atoms with Crippen molar-refractivity contribution in [3.05, 3.63) is 60.7 Å². The third-order valence-electron chi connectivity index (χ3n) is 2.50. The van der Waals surface area contributed by atoms with Crippen LogP contribution < -0.4 is 5.32 Å². The summed E-state index contributed by atoms with van der Waals surface area (Å²) in [5.74, 6) is 0.247. The summed E-state index contributed by atoms with van der Waals surface area (Å²) in [6.45, 7) is 0. The molecular formula is C13H10N4O. The average molecular weight is 238 g/mol. The van der Waals surface area contributed by atoms with Crippen molar-refractivity contribution < 1.29 is 4.79 Å². The van der Waals surface area contributed by atoms with E-state index in [0.717, 1.165) is 5.65 Å². The van der Waals surface area contributed by atoms with Gasteiger partial charge in [0.25, 0.3) is 5.91 Å². The SMILES string of the molecule is O=C(Nc1ccccn1)c1cn2ccccc2n1. The molecule has 0 radical (unpaired) electrons. The molecule has 0 aromatic carbocycles. The number of nitrogens with one attached hydrogen (secondary N) is 1. The molecule has 1 N–H and O–H groups in total. The smallest absolute Gasteiger partial charge is 0.277 e. The number of hydrogen-bond acceptors (Lipinski definition) is 3. The molecule has 3 aromatic heterocycles. The quantitative estimate of drug-likeness (QED) is 0.742. The molecule has 0 unspecified atom stereocenters. The fourth-order valence-electron chi connectivity index (χ4n) is 1.66. The Morgan fingerprint density at radius 2 is 2.06 bits per heavy atom. The number of aromatic nitrogens is 3. The molecule has 0 atom stereocenters. The van der Waals surface area contributed by atoms with Crippen LogP contribution >= 0.6 is 0 Å². The number of fused-ring (bicyclic) bond motifs is 1. The normalized spacial score (nSPS) is 10.4. The van der Waals surface area contributed by atoms with Crippen LogP contribution in [0.1, 0.15) is 10.5 Å². The van der Waals surface area contributed by atoms with Gasteiger partial charge in [0.1, 0.15) is 17.2 Å². The zero-order valence-electron chi connectivity index (χ0n) is 9.45. The van der Waals surface area contributed by atoms with Crippen LogP contribution in [0.5, 0.6) is 0 Å². The Morgan fingerprint density at radius 3 is 2.83 bits per heavy atom. The highest BCUT2D eigenvalue weighted by Crippen LogP contribution is 2.07. The van der Waals surface area contributed by atoms with Crippen molar-refractivity contribution in [2.45, 2.75) is 0 Å². The molecule has 18 heavy (non-hydrogen) atoms. The number of carbonyl (C=O) groups is 1. The van der Waals surface area contributed by atoms with Crippen LogP contribution in [0.4, 0.5) is 5.82 Å². The van der Waals surface area contributed by atoms with E-state index < -0.39 is 0 Å². The third-order valence-corrected chi connectivity index (χ3v) is 2.50. The van der Waals surface area contributed by atoms with Gasteiger partial charge in [-0.15, -0.1) is 0 Å². The van der Waals surface area contributed by atoms with Gasteiger partial charge in [-0.2, -0.15) is 0 Å². The number of nitrogens with zero attached hydrogens (tertiary/aromatic N) is 3. The summed E-state index contributed by atoms with van der Waals surface area (Å²) in [7, 11) is 0. The first kappa shape index (κ1) is 10.5. The lowest BCUT2D eigenvalue weighted by molar-refractivity contribution is 0.102.